The van der Waals surface area contributed by atoms with Gasteiger partial charge in [0, 0.05) is 5.56 Å². The molecule has 17 heavy (non-hydrogen) atoms. The third-order valence-corrected chi connectivity index (χ3v) is 3.41. The number of carbonyl (C=O) groups excluding carboxylic acids is 1. The minimum absolute atomic E-state index is 0.239. The van der Waals surface area contributed by atoms with Crippen molar-refractivity contribution in [2.45, 2.75) is 26.1 Å². The van der Waals surface area contributed by atoms with Crippen molar-refractivity contribution in [1.29, 1.82) is 0 Å². The average Bonchev–Trinajstić information content (AvgIpc) is 2.35. The quantitative estimate of drug-likeness (QED) is 0.860. The Bertz CT molecular complexity index is 433. The topological polar surface area (TPSA) is 46.5 Å². The summed E-state index contributed by atoms with van der Waals surface area (Å²) in [4.78, 5) is 11.0. The highest BCUT2D eigenvalue weighted by Crippen LogP contribution is 2.37. The molecule has 1 fully saturated rings. The number of ether oxygens (including phenoxy) is 1. The zero-order valence-electron chi connectivity index (χ0n) is 9.57. The first-order chi connectivity index (χ1) is 8.13. The van der Waals surface area contributed by atoms with Gasteiger partial charge in [0.25, 0.3) is 0 Å². The lowest BCUT2D eigenvalue weighted by atomic mass is 9.75. The maximum atomic E-state index is 13.9. The molecule has 0 aliphatic carbocycles. The zero-order valence-corrected chi connectivity index (χ0v) is 9.57. The van der Waals surface area contributed by atoms with Gasteiger partial charge in [0.1, 0.15) is 5.82 Å². The maximum Gasteiger partial charge on any atom is 0.210 e. The van der Waals surface area contributed by atoms with Crippen LogP contribution in [0.5, 0.6) is 0 Å². The van der Waals surface area contributed by atoms with Gasteiger partial charge in [-0.25, -0.2) is 4.39 Å². The Kier molecular flexibility index (Phi) is 3.26. The molecular formula is C13H14FO3. The molecule has 0 bridgehead atoms. The molecule has 0 saturated carbocycles. The lowest BCUT2D eigenvalue weighted by Gasteiger charge is -2.42. The second kappa shape index (κ2) is 4.55. The lowest BCUT2D eigenvalue weighted by Crippen LogP contribution is -2.53. The van der Waals surface area contributed by atoms with Crippen molar-refractivity contribution >= 4 is 6.29 Å². The molecule has 0 spiro atoms. The molecule has 1 aliphatic rings. The van der Waals surface area contributed by atoms with Crippen LogP contribution in [0.4, 0.5) is 4.39 Å². The first-order valence-electron chi connectivity index (χ1n) is 5.51. The van der Waals surface area contributed by atoms with Crippen LogP contribution >= 0.6 is 0 Å². The standard InChI is InChI=1S/C13H14FO3/c1-9-13(7-16,8-17-9)5-10-3-2-4-11(6-15)12(10)14/h2-4,9,15H,5-6,8H2,1H3. The monoisotopic (exact) mass is 237 g/mol. The highest BCUT2D eigenvalue weighted by molar-refractivity contribution is 5.64. The van der Waals surface area contributed by atoms with Gasteiger partial charge >= 0.3 is 0 Å². The van der Waals surface area contributed by atoms with Crippen molar-refractivity contribution < 1.29 is 19.0 Å². The van der Waals surface area contributed by atoms with Gasteiger partial charge in [0.15, 0.2) is 0 Å². The van der Waals surface area contributed by atoms with Crippen LogP contribution in [0.1, 0.15) is 18.1 Å². The molecule has 1 N–H and O–H groups in total. The summed E-state index contributed by atoms with van der Waals surface area (Å²) in [7, 11) is 0. The van der Waals surface area contributed by atoms with Crippen molar-refractivity contribution in [2.24, 2.45) is 5.41 Å². The van der Waals surface area contributed by atoms with E-state index in [1.165, 1.54) is 6.07 Å². The Hall–Kier alpha value is -1.26. The van der Waals surface area contributed by atoms with Crippen molar-refractivity contribution in [3.63, 3.8) is 0 Å². The number of aliphatic hydroxyl groups is 1. The van der Waals surface area contributed by atoms with E-state index in [9.17, 15) is 9.18 Å². The van der Waals surface area contributed by atoms with E-state index in [1.807, 2.05) is 6.29 Å². The Labute approximate surface area is 99.2 Å². The summed E-state index contributed by atoms with van der Waals surface area (Å²) in [6.45, 7) is 1.71. The summed E-state index contributed by atoms with van der Waals surface area (Å²) in [5.74, 6) is -0.441. The molecule has 3 nitrogen and oxygen atoms in total. The van der Waals surface area contributed by atoms with Crippen LogP contribution < -0.4 is 0 Å². The fourth-order valence-electron chi connectivity index (χ4n) is 2.03. The fourth-order valence-corrected chi connectivity index (χ4v) is 2.03. The number of benzene rings is 1. The molecule has 1 aliphatic heterocycles. The molecule has 0 aromatic heterocycles. The number of rotatable bonds is 4. The van der Waals surface area contributed by atoms with Crippen LogP contribution in [0.15, 0.2) is 18.2 Å². The van der Waals surface area contributed by atoms with E-state index in [1.54, 1.807) is 19.1 Å². The molecule has 1 radical (unpaired) electrons. The molecule has 1 saturated heterocycles. The second-order valence-corrected chi connectivity index (χ2v) is 4.44. The molecule has 0 amide bonds. The third kappa shape index (κ3) is 1.98. The molecule has 1 heterocycles. The smallest absolute Gasteiger partial charge is 0.210 e. The van der Waals surface area contributed by atoms with Gasteiger partial charge in [0.2, 0.25) is 6.29 Å². The van der Waals surface area contributed by atoms with E-state index in [0.717, 1.165) is 0 Å². The van der Waals surface area contributed by atoms with Gasteiger partial charge < -0.3 is 9.84 Å². The van der Waals surface area contributed by atoms with E-state index in [0.29, 0.717) is 5.56 Å². The first-order valence-corrected chi connectivity index (χ1v) is 5.51. The Morgan fingerprint density at radius 1 is 1.59 bits per heavy atom. The van der Waals surface area contributed by atoms with Gasteiger partial charge in [-0.05, 0) is 18.9 Å². The minimum atomic E-state index is -0.741. The summed E-state index contributed by atoms with van der Waals surface area (Å²) in [5, 5.41) is 8.98. The van der Waals surface area contributed by atoms with Gasteiger partial charge in [-0.2, -0.15) is 0 Å². The van der Waals surface area contributed by atoms with Gasteiger partial charge in [-0.1, -0.05) is 18.2 Å². The van der Waals surface area contributed by atoms with E-state index in [2.05, 4.69) is 0 Å². The van der Waals surface area contributed by atoms with Crippen LogP contribution in [-0.4, -0.2) is 24.1 Å². The molecule has 4 heteroatoms. The van der Waals surface area contributed by atoms with Crippen LogP contribution in [0.3, 0.4) is 0 Å². The number of hydrogen-bond acceptors (Lipinski definition) is 3. The second-order valence-electron chi connectivity index (χ2n) is 4.44. The molecule has 1 aromatic rings. The molecule has 1 aromatic carbocycles. The number of halogens is 1. The number of aliphatic hydroxyl groups excluding tert-OH is 1. The van der Waals surface area contributed by atoms with E-state index in [4.69, 9.17) is 9.84 Å². The molecule has 2 rings (SSSR count). The minimum Gasteiger partial charge on any atom is -0.392 e. The molecule has 2 unspecified atom stereocenters. The average molecular weight is 237 g/mol. The van der Waals surface area contributed by atoms with Crippen LogP contribution in [-0.2, 0) is 22.6 Å². The molecular weight excluding hydrogens is 223 g/mol. The lowest BCUT2D eigenvalue weighted by molar-refractivity contribution is -0.138. The van der Waals surface area contributed by atoms with Gasteiger partial charge in [-0.15, -0.1) is 0 Å². The Morgan fingerprint density at radius 2 is 2.29 bits per heavy atom. The summed E-state index contributed by atoms with van der Waals surface area (Å²) >= 11 is 0. The van der Waals surface area contributed by atoms with E-state index >= 15 is 0 Å². The highest BCUT2D eigenvalue weighted by Gasteiger charge is 2.47. The van der Waals surface area contributed by atoms with Crippen LogP contribution in [0, 0.1) is 11.2 Å². The highest BCUT2D eigenvalue weighted by atomic mass is 19.1. The van der Waals surface area contributed by atoms with Gasteiger partial charge in [0.05, 0.1) is 24.7 Å². The maximum absolute atomic E-state index is 13.9. The largest absolute Gasteiger partial charge is 0.392 e. The first kappa shape index (κ1) is 12.2. The Balaban J connectivity index is 2.27. The summed E-state index contributed by atoms with van der Waals surface area (Å²) in [6.07, 6.45) is 2.00. The summed E-state index contributed by atoms with van der Waals surface area (Å²) < 4.78 is 19.1. The van der Waals surface area contributed by atoms with E-state index in [-0.39, 0.29) is 31.3 Å². The van der Waals surface area contributed by atoms with Gasteiger partial charge in [-0.3, -0.25) is 4.79 Å². The van der Waals surface area contributed by atoms with E-state index < -0.39 is 11.2 Å². The predicted octanol–water partition coefficient (Wildman–Crippen LogP) is 1.38. The van der Waals surface area contributed by atoms with Crippen molar-refractivity contribution in [1.82, 2.24) is 0 Å². The normalized spacial score (nSPS) is 27.6. The fraction of sp³-hybridized carbons (Fsp3) is 0.462. The van der Waals surface area contributed by atoms with Crippen molar-refractivity contribution in [2.75, 3.05) is 6.61 Å². The van der Waals surface area contributed by atoms with Crippen LogP contribution in [0.25, 0.3) is 0 Å². The predicted molar refractivity (Wildman–Crippen MR) is 59.6 cm³/mol. The SMILES string of the molecule is CC1OCC1([C]=O)Cc1cccc(CO)c1F. The van der Waals surface area contributed by atoms with Crippen molar-refractivity contribution in [3.8, 4) is 0 Å². The summed E-state index contributed by atoms with van der Waals surface area (Å²) in [6, 6.07) is 4.82. The third-order valence-electron chi connectivity index (χ3n) is 3.41. The molecule has 91 valence electrons. The van der Waals surface area contributed by atoms with Crippen LogP contribution in [0.2, 0.25) is 0 Å². The summed E-state index contributed by atoms with van der Waals surface area (Å²) in [5.41, 5.74) is -0.0685. The van der Waals surface area contributed by atoms with Crippen molar-refractivity contribution in [3.05, 3.63) is 35.1 Å². The molecule has 2 atom stereocenters. The number of hydrogen-bond donors (Lipinski definition) is 1. The zero-order chi connectivity index (χ0) is 12.5. The Morgan fingerprint density at radius 3 is 2.76 bits per heavy atom.